The number of nitrogens with zero attached hydrogens (tertiary/aromatic N) is 1. The van der Waals surface area contributed by atoms with Crippen molar-refractivity contribution < 1.29 is 0 Å². The summed E-state index contributed by atoms with van der Waals surface area (Å²) in [5.74, 6) is 0.846. The van der Waals surface area contributed by atoms with E-state index in [-0.39, 0.29) is 0 Å². The van der Waals surface area contributed by atoms with Crippen LogP contribution in [0.4, 0.5) is 0 Å². The average molecular weight is 280 g/mol. The zero-order valence-electron chi connectivity index (χ0n) is 14.5. The number of hydrogen-bond acceptors (Lipinski definition) is 2. The van der Waals surface area contributed by atoms with Crippen LogP contribution in [0.2, 0.25) is 0 Å². The lowest BCUT2D eigenvalue weighted by molar-refractivity contribution is 0.105. The summed E-state index contributed by atoms with van der Waals surface area (Å²) in [7, 11) is 0. The second kappa shape index (κ2) is 6.36. The van der Waals surface area contributed by atoms with E-state index in [0.29, 0.717) is 10.8 Å². The largest absolute Gasteiger partial charge is 0.314 e. The van der Waals surface area contributed by atoms with Crippen LogP contribution in [-0.4, -0.2) is 37.1 Å². The molecule has 2 aliphatic rings. The first-order valence-corrected chi connectivity index (χ1v) is 8.77. The Morgan fingerprint density at radius 2 is 1.85 bits per heavy atom. The summed E-state index contributed by atoms with van der Waals surface area (Å²) in [5, 5.41) is 3.83. The average Bonchev–Trinajstić information content (AvgIpc) is 2.67. The van der Waals surface area contributed by atoms with Crippen LogP contribution in [0.3, 0.4) is 0 Å². The Bertz CT molecular complexity index is 309. The van der Waals surface area contributed by atoms with E-state index in [1.165, 1.54) is 58.3 Å². The third kappa shape index (κ3) is 4.46. The van der Waals surface area contributed by atoms with Gasteiger partial charge in [-0.2, -0.15) is 0 Å². The lowest BCUT2D eigenvalue weighted by Crippen LogP contribution is -2.47. The normalized spacial score (nSPS) is 33.5. The molecule has 1 saturated carbocycles. The third-order valence-corrected chi connectivity index (χ3v) is 5.42. The van der Waals surface area contributed by atoms with Gasteiger partial charge in [-0.3, -0.25) is 0 Å². The molecule has 0 amide bonds. The summed E-state index contributed by atoms with van der Waals surface area (Å²) in [6.45, 7) is 17.1. The molecule has 0 radical (unpaired) electrons. The molecule has 2 heteroatoms. The number of nitrogens with one attached hydrogen (secondary N) is 1. The van der Waals surface area contributed by atoms with E-state index in [0.717, 1.165) is 12.0 Å². The van der Waals surface area contributed by atoms with E-state index in [1.54, 1.807) is 0 Å². The second-order valence-electron chi connectivity index (χ2n) is 8.88. The lowest BCUT2D eigenvalue weighted by atomic mass is 9.69. The van der Waals surface area contributed by atoms with Gasteiger partial charge in [-0.05, 0) is 61.9 Å². The Labute approximate surface area is 126 Å². The maximum Gasteiger partial charge on any atom is 0.0108 e. The first kappa shape index (κ1) is 16.3. The highest BCUT2D eigenvalue weighted by atomic mass is 15.2. The first-order chi connectivity index (χ1) is 9.31. The SMILES string of the molecule is CCCNC1CCC(C)(C)CC1CN1CCC(C)(C)C1. The highest BCUT2D eigenvalue weighted by Gasteiger charge is 2.37. The van der Waals surface area contributed by atoms with Gasteiger partial charge in [-0.15, -0.1) is 0 Å². The van der Waals surface area contributed by atoms with Crippen LogP contribution in [0.25, 0.3) is 0 Å². The molecule has 2 unspecified atom stereocenters. The summed E-state index contributed by atoms with van der Waals surface area (Å²) < 4.78 is 0. The molecule has 2 fully saturated rings. The minimum atomic E-state index is 0.538. The van der Waals surface area contributed by atoms with Crippen molar-refractivity contribution in [1.29, 1.82) is 0 Å². The summed E-state index contributed by atoms with van der Waals surface area (Å²) in [5.41, 5.74) is 1.08. The van der Waals surface area contributed by atoms with Crippen molar-refractivity contribution in [3.8, 4) is 0 Å². The van der Waals surface area contributed by atoms with Gasteiger partial charge >= 0.3 is 0 Å². The minimum Gasteiger partial charge on any atom is -0.314 e. The maximum atomic E-state index is 3.83. The van der Waals surface area contributed by atoms with Gasteiger partial charge in [0.2, 0.25) is 0 Å². The zero-order chi connectivity index (χ0) is 14.8. The molecule has 2 atom stereocenters. The molecule has 20 heavy (non-hydrogen) atoms. The molecule has 0 aromatic carbocycles. The molecule has 0 spiro atoms. The van der Waals surface area contributed by atoms with Gasteiger partial charge in [0.15, 0.2) is 0 Å². The van der Waals surface area contributed by atoms with Gasteiger partial charge in [0.05, 0.1) is 0 Å². The number of hydrogen-bond donors (Lipinski definition) is 1. The monoisotopic (exact) mass is 280 g/mol. The van der Waals surface area contributed by atoms with Crippen molar-refractivity contribution in [2.75, 3.05) is 26.2 Å². The summed E-state index contributed by atoms with van der Waals surface area (Å²) in [6.07, 6.45) is 6.77. The second-order valence-corrected chi connectivity index (χ2v) is 8.88. The van der Waals surface area contributed by atoms with Gasteiger partial charge < -0.3 is 10.2 Å². The van der Waals surface area contributed by atoms with Gasteiger partial charge in [-0.25, -0.2) is 0 Å². The molecule has 1 N–H and O–H groups in total. The fraction of sp³-hybridized carbons (Fsp3) is 1.00. The molecule has 0 bridgehead atoms. The predicted octanol–water partition coefficient (Wildman–Crippen LogP) is 3.91. The fourth-order valence-corrected chi connectivity index (χ4v) is 4.24. The highest BCUT2D eigenvalue weighted by Crippen LogP contribution is 2.40. The van der Waals surface area contributed by atoms with Crippen molar-refractivity contribution in [1.82, 2.24) is 10.2 Å². The van der Waals surface area contributed by atoms with Crippen LogP contribution in [0.15, 0.2) is 0 Å². The van der Waals surface area contributed by atoms with Crippen molar-refractivity contribution in [2.24, 2.45) is 16.7 Å². The van der Waals surface area contributed by atoms with Gasteiger partial charge in [0.1, 0.15) is 0 Å². The summed E-state index contributed by atoms with van der Waals surface area (Å²) >= 11 is 0. The quantitative estimate of drug-likeness (QED) is 0.821. The van der Waals surface area contributed by atoms with Crippen molar-refractivity contribution in [3.63, 3.8) is 0 Å². The minimum absolute atomic E-state index is 0.538. The van der Waals surface area contributed by atoms with Crippen LogP contribution in [-0.2, 0) is 0 Å². The Hall–Kier alpha value is -0.0800. The van der Waals surface area contributed by atoms with E-state index in [9.17, 15) is 0 Å². The third-order valence-electron chi connectivity index (χ3n) is 5.42. The standard InChI is InChI=1S/C18H36N2/c1-6-10-19-16-7-8-17(2,3)12-15(16)13-20-11-9-18(4,5)14-20/h15-16,19H,6-14H2,1-5H3. The van der Waals surface area contributed by atoms with Crippen LogP contribution >= 0.6 is 0 Å². The molecule has 1 saturated heterocycles. The van der Waals surface area contributed by atoms with Crippen molar-refractivity contribution >= 4 is 0 Å². The van der Waals surface area contributed by atoms with E-state index >= 15 is 0 Å². The molecule has 1 aliphatic heterocycles. The number of rotatable bonds is 5. The Morgan fingerprint density at radius 1 is 1.10 bits per heavy atom. The van der Waals surface area contributed by atoms with E-state index < -0.39 is 0 Å². The lowest BCUT2D eigenvalue weighted by Gasteiger charge is -2.43. The van der Waals surface area contributed by atoms with E-state index in [1.807, 2.05) is 0 Å². The van der Waals surface area contributed by atoms with Gasteiger partial charge in [0.25, 0.3) is 0 Å². The van der Waals surface area contributed by atoms with Crippen LogP contribution < -0.4 is 5.32 Å². The molecule has 1 heterocycles. The van der Waals surface area contributed by atoms with Crippen molar-refractivity contribution in [3.05, 3.63) is 0 Å². The van der Waals surface area contributed by atoms with Crippen LogP contribution in [0, 0.1) is 16.7 Å². The molecule has 2 rings (SSSR count). The maximum absolute atomic E-state index is 3.83. The number of likely N-dealkylation sites (tertiary alicyclic amines) is 1. The van der Waals surface area contributed by atoms with Crippen LogP contribution in [0.1, 0.15) is 66.7 Å². The predicted molar refractivity (Wildman–Crippen MR) is 88.0 cm³/mol. The topological polar surface area (TPSA) is 15.3 Å². The molecule has 118 valence electrons. The Balaban J connectivity index is 1.93. The van der Waals surface area contributed by atoms with E-state index in [4.69, 9.17) is 0 Å². The Morgan fingerprint density at radius 3 is 2.45 bits per heavy atom. The molecule has 2 nitrogen and oxygen atoms in total. The molecule has 1 aliphatic carbocycles. The van der Waals surface area contributed by atoms with Gasteiger partial charge in [0, 0.05) is 19.1 Å². The van der Waals surface area contributed by atoms with E-state index in [2.05, 4.69) is 44.8 Å². The molecule has 0 aromatic heterocycles. The molecular weight excluding hydrogens is 244 g/mol. The first-order valence-electron chi connectivity index (χ1n) is 8.77. The highest BCUT2D eigenvalue weighted by molar-refractivity contribution is 4.92. The smallest absolute Gasteiger partial charge is 0.0108 e. The Kier molecular flexibility index (Phi) is 5.18. The molecular formula is C18H36N2. The van der Waals surface area contributed by atoms with Crippen molar-refractivity contribution in [2.45, 2.75) is 72.8 Å². The van der Waals surface area contributed by atoms with Gasteiger partial charge in [-0.1, -0.05) is 34.6 Å². The summed E-state index contributed by atoms with van der Waals surface area (Å²) in [6, 6.07) is 0.756. The summed E-state index contributed by atoms with van der Waals surface area (Å²) in [4.78, 5) is 2.73. The fourth-order valence-electron chi connectivity index (χ4n) is 4.24. The zero-order valence-corrected chi connectivity index (χ0v) is 14.5. The molecule has 0 aromatic rings. The van der Waals surface area contributed by atoms with Crippen LogP contribution in [0.5, 0.6) is 0 Å².